The summed E-state index contributed by atoms with van der Waals surface area (Å²) >= 11 is 0.989. The lowest BCUT2D eigenvalue weighted by Gasteiger charge is -2.33. The van der Waals surface area contributed by atoms with Crippen molar-refractivity contribution in [3.63, 3.8) is 0 Å². The molecule has 0 spiro atoms. The molecule has 0 aliphatic carbocycles. The average molecular weight is 444 g/mol. The highest BCUT2D eigenvalue weighted by atomic mass is 32.2. The van der Waals surface area contributed by atoms with Crippen LogP contribution in [-0.2, 0) is 15.2 Å². The second kappa shape index (κ2) is 9.55. The van der Waals surface area contributed by atoms with E-state index in [1.165, 1.54) is 0 Å². The topological polar surface area (TPSA) is 101 Å². The van der Waals surface area contributed by atoms with Crippen LogP contribution in [0.25, 0.3) is 0 Å². The Labute approximate surface area is 189 Å². The first-order chi connectivity index (χ1) is 15.6. The second-order valence-electron chi connectivity index (χ2n) is 6.99. The van der Waals surface area contributed by atoms with Crippen LogP contribution in [0, 0.1) is 0 Å². The Morgan fingerprint density at radius 1 is 0.875 bits per heavy atom. The zero-order chi connectivity index (χ0) is 22.4. The molecule has 4 rings (SSSR count). The Morgan fingerprint density at radius 2 is 1.34 bits per heavy atom. The molecule has 0 atom stereocenters. The Hall–Kier alpha value is -3.81. The smallest absolute Gasteiger partial charge is 0.358 e. The highest BCUT2D eigenvalue weighted by Gasteiger charge is 2.40. The van der Waals surface area contributed by atoms with Gasteiger partial charge in [0.05, 0.1) is 5.03 Å². The summed E-state index contributed by atoms with van der Waals surface area (Å²) < 4.78 is 0. The van der Waals surface area contributed by atoms with Crippen molar-refractivity contribution in [1.29, 1.82) is 0 Å². The Balaban J connectivity index is 1.93. The number of nitrogens with two attached hydrogens (primary N) is 1. The largest absolute Gasteiger partial charge is 0.476 e. The van der Waals surface area contributed by atoms with Gasteiger partial charge in [0.15, 0.2) is 5.71 Å². The van der Waals surface area contributed by atoms with Crippen LogP contribution < -0.4 is 5.14 Å². The molecule has 0 fully saturated rings. The van der Waals surface area contributed by atoms with E-state index in [0.29, 0.717) is 10.6 Å². The predicted molar refractivity (Wildman–Crippen MR) is 125 cm³/mol. The monoisotopic (exact) mass is 443 g/mol. The van der Waals surface area contributed by atoms with Gasteiger partial charge in [0.2, 0.25) is 5.60 Å². The van der Waals surface area contributed by atoms with E-state index < -0.39 is 11.6 Å². The van der Waals surface area contributed by atoms with Crippen LogP contribution in [0.5, 0.6) is 0 Å². The van der Waals surface area contributed by atoms with Gasteiger partial charge in [0.25, 0.3) is 0 Å². The fourth-order valence-corrected chi connectivity index (χ4v) is 3.91. The van der Waals surface area contributed by atoms with Crippen molar-refractivity contribution in [3.05, 3.63) is 126 Å². The molecule has 0 unspecified atom stereocenters. The number of rotatable bonds is 8. The molecule has 0 radical (unpaired) electrons. The van der Waals surface area contributed by atoms with E-state index in [2.05, 4.69) is 10.1 Å². The van der Waals surface area contributed by atoms with E-state index in [1.807, 2.05) is 91.0 Å². The summed E-state index contributed by atoms with van der Waals surface area (Å²) in [6, 6.07) is 30.5. The molecule has 0 aliphatic rings. The summed E-state index contributed by atoms with van der Waals surface area (Å²) in [5.74, 6) is -1.21. The van der Waals surface area contributed by atoms with Crippen molar-refractivity contribution >= 4 is 23.6 Å². The number of carboxylic acid groups (broad SMARTS) is 1. The Kier molecular flexibility index (Phi) is 6.39. The number of aromatic amines is 1. The maximum atomic E-state index is 12.1. The number of hydrogen-bond donors (Lipinski definition) is 3. The minimum absolute atomic E-state index is 0.228. The normalized spacial score (nSPS) is 11.8. The number of carbonyl (C=O) groups is 1. The second-order valence-corrected chi connectivity index (χ2v) is 7.66. The maximum Gasteiger partial charge on any atom is 0.358 e. The van der Waals surface area contributed by atoms with Crippen molar-refractivity contribution in [2.75, 3.05) is 0 Å². The van der Waals surface area contributed by atoms with E-state index >= 15 is 0 Å². The van der Waals surface area contributed by atoms with Crippen LogP contribution >= 0.6 is 11.9 Å². The molecule has 160 valence electrons. The van der Waals surface area contributed by atoms with E-state index in [4.69, 9.17) is 9.98 Å². The van der Waals surface area contributed by atoms with E-state index in [1.54, 1.807) is 12.3 Å². The molecule has 0 saturated carbocycles. The zero-order valence-electron chi connectivity index (χ0n) is 17.0. The van der Waals surface area contributed by atoms with Crippen LogP contribution in [0.2, 0.25) is 0 Å². The Bertz CT molecular complexity index is 1110. The molecule has 0 amide bonds. The number of H-pyrrole nitrogens is 1. The quantitative estimate of drug-likeness (QED) is 0.157. The third-order valence-electron chi connectivity index (χ3n) is 5.07. The van der Waals surface area contributed by atoms with Gasteiger partial charge in [-0.1, -0.05) is 96.2 Å². The van der Waals surface area contributed by atoms with Crippen molar-refractivity contribution in [1.82, 2.24) is 4.98 Å². The first-order valence-corrected chi connectivity index (χ1v) is 10.7. The van der Waals surface area contributed by atoms with Crippen LogP contribution in [0.15, 0.2) is 113 Å². The van der Waals surface area contributed by atoms with E-state index in [-0.39, 0.29) is 5.71 Å². The summed E-state index contributed by atoms with van der Waals surface area (Å²) in [5.41, 5.74) is 1.43. The van der Waals surface area contributed by atoms with Crippen molar-refractivity contribution < 1.29 is 14.7 Å². The number of aromatic nitrogens is 1. The number of carboxylic acids is 1. The van der Waals surface area contributed by atoms with E-state index in [0.717, 1.165) is 28.6 Å². The van der Waals surface area contributed by atoms with Crippen LogP contribution in [0.3, 0.4) is 0 Å². The lowest BCUT2D eigenvalue weighted by atomic mass is 9.80. The van der Waals surface area contributed by atoms with Gasteiger partial charge in [-0.15, -0.1) is 0 Å². The zero-order valence-corrected chi connectivity index (χ0v) is 17.8. The van der Waals surface area contributed by atoms with Gasteiger partial charge in [-0.2, -0.15) is 0 Å². The van der Waals surface area contributed by atoms with Gasteiger partial charge in [0, 0.05) is 28.5 Å². The number of benzene rings is 3. The average Bonchev–Trinajstić information content (AvgIpc) is 3.32. The van der Waals surface area contributed by atoms with Gasteiger partial charge in [-0.25, -0.2) is 4.79 Å². The fraction of sp³-hybridized carbons (Fsp3) is 0.0400. The van der Waals surface area contributed by atoms with E-state index in [9.17, 15) is 9.90 Å². The number of aliphatic carboxylic acids is 1. The summed E-state index contributed by atoms with van der Waals surface area (Å²) in [7, 11) is 0. The van der Waals surface area contributed by atoms with Gasteiger partial charge >= 0.3 is 5.97 Å². The lowest BCUT2D eigenvalue weighted by molar-refractivity contribution is -0.129. The maximum absolute atomic E-state index is 12.1. The van der Waals surface area contributed by atoms with Crippen molar-refractivity contribution in [3.8, 4) is 0 Å². The van der Waals surface area contributed by atoms with Crippen LogP contribution in [-0.4, -0.2) is 21.8 Å². The highest BCUT2D eigenvalue weighted by molar-refractivity contribution is 7.97. The number of nitrogens with one attached hydrogen (secondary N) is 1. The molecule has 0 saturated heterocycles. The van der Waals surface area contributed by atoms with Crippen LogP contribution in [0.1, 0.15) is 22.3 Å². The minimum Gasteiger partial charge on any atom is -0.476 e. The molecule has 4 aromatic rings. The summed E-state index contributed by atoms with van der Waals surface area (Å²) in [5, 5.41) is 20.2. The Morgan fingerprint density at radius 3 is 1.72 bits per heavy atom. The summed E-state index contributed by atoms with van der Waals surface area (Å²) in [6.45, 7) is 0. The first kappa shape index (κ1) is 21.4. The molecule has 0 bridgehead atoms. The summed E-state index contributed by atoms with van der Waals surface area (Å²) in [4.78, 5) is 21.2. The predicted octanol–water partition coefficient (Wildman–Crippen LogP) is 4.78. The molecular formula is C25H21N3O3S. The minimum atomic E-state index is -1.21. The standard InChI is InChI=1S/C25H21N3O3S/c26-32-22-16-18(17-27-22)23(24(29)30)28-31-25(19-10-4-1-5-11-19,20-12-6-2-7-13-20)21-14-8-3-9-15-21/h1-17,27H,26H2,(H,29,30)/b28-23-. The highest BCUT2D eigenvalue weighted by Crippen LogP contribution is 2.40. The molecule has 32 heavy (non-hydrogen) atoms. The SMILES string of the molecule is NSc1cc(/C(=N/OC(c2ccccc2)(c2ccccc2)c2ccccc2)C(=O)O)c[nH]1. The fourth-order valence-electron chi connectivity index (χ4n) is 3.58. The molecule has 4 N–H and O–H groups in total. The third-order valence-corrected chi connectivity index (χ3v) is 5.56. The summed E-state index contributed by atoms with van der Waals surface area (Å²) in [6.07, 6.45) is 1.54. The number of oxime groups is 1. The van der Waals surface area contributed by atoms with Crippen molar-refractivity contribution in [2.45, 2.75) is 10.6 Å². The number of nitrogens with zero attached hydrogens (tertiary/aromatic N) is 1. The van der Waals surface area contributed by atoms with Crippen LogP contribution in [0.4, 0.5) is 0 Å². The molecular weight excluding hydrogens is 422 g/mol. The molecule has 3 aromatic carbocycles. The molecule has 0 aliphatic heterocycles. The third kappa shape index (κ3) is 4.16. The first-order valence-electron chi connectivity index (χ1n) is 9.86. The molecule has 1 aromatic heterocycles. The number of hydrogen-bond acceptors (Lipinski definition) is 5. The lowest BCUT2D eigenvalue weighted by Crippen LogP contribution is -2.32. The van der Waals surface area contributed by atoms with Gasteiger partial charge < -0.3 is 14.9 Å². The van der Waals surface area contributed by atoms with Gasteiger partial charge in [0.1, 0.15) is 0 Å². The molecule has 1 heterocycles. The van der Waals surface area contributed by atoms with Gasteiger partial charge in [-0.3, -0.25) is 5.14 Å². The van der Waals surface area contributed by atoms with Gasteiger partial charge in [-0.05, 0) is 18.0 Å². The molecule has 7 heteroatoms. The van der Waals surface area contributed by atoms with Crippen molar-refractivity contribution in [2.24, 2.45) is 10.3 Å². The molecule has 6 nitrogen and oxygen atoms in total.